The first-order chi connectivity index (χ1) is 9.75. The normalized spacial score (nSPS) is 19.1. The highest BCUT2D eigenvalue weighted by Gasteiger charge is 2.23. The zero-order chi connectivity index (χ0) is 13.9. The lowest BCUT2D eigenvalue weighted by atomic mass is 10.0. The predicted octanol–water partition coefficient (Wildman–Crippen LogP) is 3.12. The number of halogens is 2. The highest BCUT2D eigenvalue weighted by molar-refractivity contribution is 5.49. The molecule has 0 aromatic heterocycles. The van der Waals surface area contributed by atoms with Gasteiger partial charge in [0.05, 0.1) is 5.69 Å². The molecular formula is C16H16F2N2. The van der Waals surface area contributed by atoms with Gasteiger partial charge in [-0.15, -0.1) is 0 Å². The summed E-state index contributed by atoms with van der Waals surface area (Å²) in [5, 5.41) is 3.41. The fourth-order valence-electron chi connectivity index (χ4n) is 2.61. The summed E-state index contributed by atoms with van der Waals surface area (Å²) in [4.78, 5) is 1.90. The maximum absolute atomic E-state index is 13.9. The molecule has 0 amide bonds. The number of benzene rings is 2. The lowest BCUT2D eigenvalue weighted by Gasteiger charge is -2.35. The van der Waals surface area contributed by atoms with Gasteiger partial charge in [0, 0.05) is 25.7 Å². The summed E-state index contributed by atoms with van der Waals surface area (Å²) in [5.41, 5.74) is 1.50. The standard InChI is InChI=1S/C16H16F2N2/c17-13-7-4-8-15(16(13)18)20-10-9-19-14(11-20)12-5-2-1-3-6-12/h1-8,14,19H,9-11H2. The maximum Gasteiger partial charge on any atom is 0.182 e. The molecule has 0 radical (unpaired) electrons. The van der Waals surface area contributed by atoms with Gasteiger partial charge in [-0.1, -0.05) is 36.4 Å². The van der Waals surface area contributed by atoms with Crippen LogP contribution < -0.4 is 10.2 Å². The van der Waals surface area contributed by atoms with Crippen LogP contribution in [0, 0.1) is 11.6 Å². The van der Waals surface area contributed by atoms with Crippen molar-refractivity contribution in [3.8, 4) is 0 Å². The van der Waals surface area contributed by atoms with Crippen molar-refractivity contribution >= 4 is 5.69 Å². The van der Waals surface area contributed by atoms with Gasteiger partial charge in [-0.3, -0.25) is 0 Å². The van der Waals surface area contributed by atoms with E-state index in [9.17, 15) is 8.78 Å². The number of hydrogen-bond donors (Lipinski definition) is 1. The van der Waals surface area contributed by atoms with Gasteiger partial charge in [0.1, 0.15) is 0 Å². The van der Waals surface area contributed by atoms with Crippen LogP contribution >= 0.6 is 0 Å². The van der Waals surface area contributed by atoms with Crippen LogP contribution in [0.25, 0.3) is 0 Å². The largest absolute Gasteiger partial charge is 0.366 e. The second-order valence-corrected chi connectivity index (χ2v) is 4.94. The van der Waals surface area contributed by atoms with E-state index in [0.717, 1.165) is 18.2 Å². The van der Waals surface area contributed by atoms with E-state index in [0.29, 0.717) is 18.8 Å². The Labute approximate surface area is 117 Å². The molecule has 1 saturated heterocycles. The van der Waals surface area contributed by atoms with Gasteiger partial charge < -0.3 is 10.2 Å². The number of nitrogens with zero attached hydrogens (tertiary/aromatic N) is 1. The fourth-order valence-corrected chi connectivity index (χ4v) is 2.61. The minimum absolute atomic E-state index is 0.132. The van der Waals surface area contributed by atoms with Gasteiger partial charge in [-0.05, 0) is 17.7 Å². The van der Waals surface area contributed by atoms with Gasteiger partial charge >= 0.3 is 0 Å². The van der Waals surface area contributed by atoms with Gasteiger partial charge in [0.25, 0.3) is 0 Å². The topological polar surface area (TPSA) is 15.3 Å². The molecule has 1 unspecified atom stereocenters. The van der Waals surface area contributed by atoms with Crippen molar-refractivity contribution in [3.05, 3.63) is 65.7 Å². The summed E-state index contributed by atoms with van der Waals surface area (Å²) in [5.74, 6) is -1.56. The van der Waals surface area contributed by atoms with Crippen molar-refractivity contribution in [2.24, 2.45) is 0 Å². The van der Waals surface area contributed by atoms with Crippen LogP contribution in [-0.4, -0.2) is 19.6 Å². The molecule has 1 N–H and O–H groups in total. The lowest BCUT2D eigenvalue weighted by Crippen LogP contribution is -2.46. The number of piperazine rings is 1. The Bertz CT molecular complexity index is 586. The van der Waals surface area contributed by atoms with Crippen molar-refractivity contribution < 1.29 is 8.78 Å². The van der Waals surface area contributed by atoms with E-state index in [-0.39, 0.29) is 6.04 Å². The van der Waals surface area contributed by atoms with Crippen LogP contribution in [0.2, 0.25) is 0 Å². The summed E-state index contributed by atoms with van der Waals surface area (Å²) in [7, 11) is 0. The number of hydrogen-bond acceptors (Lipinski definition) is 2. The van der Waals surface area contributed by atoms with Crippen molar-refractivity contribution in [3.63, 3.8) is 0 Å². The van der Waals surface area contributed by atoms with E-state index < -0.39 is 11.6 Å². The summed E-state index contributed by atoms with van der Waals surface area (Å²) >= 11 is 0. The van der Waals surface area contributed by atoms with Gasteiger partial charge in [-0.25, -0.2) is 8.78 Å². The molecule has 1 heterocycles. The SMILES string of the molecule is Fc1cccc(N2CCNC(c3ccccc3)C2)c1F. The minimum atomic E-state index is -0.794. The first kappa shape index (κ1) is 13.1. The minimum Gasteiger partial charge on any atom is -0.366 e. The molecule has 104 valence electrons. The zero-order valence-corrected chi connectivity index (χ0v) is 11.0. The van der Waals surface area contributed by atoms with Crippen LogP contribution in [0.3, 0.4) is 0 Å². The maximum atomic E-state index is 13.9. The smallest absolute Gasteiger partial charge is 0.182 e. The molecule has 0 aliphatic carbocycles. The highest BCUT2D eigenvalue weighted by atomic mass is 19.2. The van der Waals surface area contributed by atoms with E-state index in [1.54, 1.807) is 12.1 Å². The van der Waals surface area contributed by atoms with Gasteiger partial charge in [0.2, 0.25) is 0 Å². The summed E-state index contributed by atoms with van der Waals surface area (Å²) in [6.45, 7) is 2.05. The first-order valence-corrected chi connectivity index (χ1v) is 6.73. The van der Waals surface area contributed by atoms with Crippen molar-refractivity contribution in [1.29, 1.82) is 0 Å². The van der Waals surface area contributed by atoms with E-state index in [1.165, 1.54) is 0 Å². The molecule has 2 aromatic carbocycles. The monoisotopic (exact) mass is 274 g/mol. The molecule has 20 heavy (non-hydrogen) atoms. The van der Waals surface area contributed by atoms with E-state index in [4.69, 9.17) is 0 Å². The van der Waals surface area contributed by atoms with E-state index >= 15 is 0 Å². The summed E-state index contributed by atoms with van der Waals surface area (Å²) in [6, 6.07) is 14.5. The quantitative estimate of drug-likeness (QED) is 0.905. The Morgan fingerprint density at radius 1 is 1.00 bits per heavy atom. The molecule has 1 aliphatic heterocycles. The van der Waals surface area contributed by atoms with Crippen LogP contribution in [0.1, 0.15) is 11.6 Å². The summed E-state index contributed by atoms with van der Waals surface area (Å²) < 4.78 is 27.2. The molecule has 0 bridgehead atoms. The lowest BCUT2D eigenvalue weighted by molar-refractivity contribution is 0.457. The van der Waals surface area contributed by atoms with Crippen LogP contribution in [0.4, 0.5) is 14.5 Å². The van der Waals surface area contributed by atoms with Crippen molar-refractivity contribution in [2.45, 2.75) is 6.04 Å². The van der Waals surface area contributed by atoms with Gasteiger partial charge in [-0.2, -0.15) is 0 Å². The molecule has 2 nitrogen and oxygen atoms in total. The molecule has 2 aromatic rings. The van der Waals surface area contributed by atoms with Crippen molar-refractivity contribution in [2.75, 3.05) is 24.5 Å². The summed E-state index contributed by atoms with van der Waals surface area (Å²) in [6.07, 6.45) is 0. The van der Waals surface area contributed by atoms with E-state index in [1.807, 2.05) is 35.2 Å². The second kappa shape index (κ2) is 5.59. The number of rotatable bonds is 2. The Morgan fingerprint density at radius 2 is 1.80 bits per heavy atom. The van der Waals surface area contributed by atoms with Crippen LogP contribution in [0.15, 0.2) is 48.5 Å². The fraction of sp³-hybridized carbons (Fsp3) is 0.250. The number of nitrogens with one attached hydrogen (secondary N) is 1. The third kappa shape index (κ3) is 2.51. The Balaban J connectivity index is 1.83. The highest BCUT2D eigenvalue weighted by Crippen LogP contribution is 2.25. The molecule has 1 fully saturated rings. The molecule has 0 saturated carbocycles. The average Bonchev–Trinajstić information content (AvgIpc) is 2.51. The third-order valence-electron chi connectivity index (χ3n) is 3.65. The molecule has 1 atom stereocenters. The molecular weight excluding hydrogens is 258 g/mol. The molecule has 3 rings (SSSR count). The Hall–Kier alpha value is -1.94. The first-order valence-electron chi connectivity index (χ1n) is 6.73. The number of anilines is 1. The van der Waals surface area contributed by atoms with Crippen LogP contribution in [-0.2, 0) is 0 Å². The third-order valence-corrected chi connectivity index (χ3v) is 3.65. The molecule has 0 spiro atoms. The predicted molar refractivity (Wildman–Crippen MR) is 75.8 cm³/mol. The van der Waals surface area contributed by atoms with Gasteiger partial charge in [0.15, 0.2) is 11.6 Å². The Kier molecular flexibility index (Phi) is 3.65. The van der Waals surface area contributed by atoms with Crippen LogP contribution in [0.5, 0.6) is 0 Å². The molecule has 1 aliphatic rings. The average molecular weight is 274 g/mol. The van der Waals surface area contributed by atoms with E-state index in [2.05, 4.69) is 5.32 Å². The Morgan fingerprint density at radius 3 is 2.60 bits per heavy atom. The zero-order valence-electron chi connectivity index (χ0n) is 11.0. The van der Waals surface area contributed by atoms with Crippen molar-refractivity contribution in [1.82, 2.24) is 5.32 Å². The molecule has 4 heteroatoms. The second-order valence-electron chi connectivity index (χ2n) is 4.94.